The van der Waals surface area contributed by atoms with Crippen molar-refractivity contribution >= 4 is 28.8 Å². The van der Waals surface area contributed by atoms with Crippen molar-refractivity contribution in [3.8, 4) is 10.6 Å². The quantitative estimate of drug-likeness (QED) is 0.772. The third-order valence-corrected chi connectivity index (χ3v) is 6.59. The van der Waals surface area contributed by atoms with Crippen molar-refractivity contribution in [2.24, 2.45) is 11.8 Å². The molecule has 1 aromatic carbocycles. The Balaban J connectivity index is 1.32. The van der Waals surface area contributed by atoms with Crippen LogP contribution < -0.4 is 5.32 Å². The van der Waals surface area contributed by atoms with Crippen molar-refractivity contribution in [3.63, 3.8) is 0 Å². The van der Waals surface area contributed by atoms with Gasteiger partial charge in [0.05, 0.1) is 0 Å². The van der Waals surface area contributed by atoms with Crippen LogP contribution in [0.5, 0.6) is 0 Å². The Morgan fingerprint density at radius 2 is 1.93 bits per heavy atom. The highest BCUT2D eigenvalue weighted by atomic mass is 32.1. The van der Waals surface area contributed by atoms with Gasteiger partial charge in [-0.05, 0) is 51.2 Å². The Morgan fingerprint density at radius 3 is 2.62 bits per heavy atom. The number of carbonyl (C=O) groups is 2. The van der Waals surface area contributed by atoms with E-state index in [9.17, 15) is 9.59 Å². The number of benzene rings is 1. The molecule has 4 rings (SSSR count). The van der Waals surface area contributed by atoms with Crippen molar-refractivity contribution < 1.29 is 9.59 Å². The van der Waals surface area contributed by atoms with Crippen LogP contribution in [-0.4, -0.2) is 40.0 Å². The summed E-state index contributed by atoms with van der Waals surface area (Å²) < 4.78 is 0. The fourth-order valence-electron chi connectivity index (χ4n) is 4.03. The minimum atomic E-state index is -0.0577. The summed E-state index contributed by atoms with van der Waals surface area (Å²) in [5, 5.41) is 13.0. The van der Waals surface area contributed by atoms with Gasteiger partial charge >= 0.3 is 0 Å². The maximum absolute atomic E-state index is 12.7. The summed E-state index contributed by atoms with van der Waals surface area (Å²) in [4.78, 5) is 27.4. The molecule has 1 unspecified atom stereocenters. The zero-order valence-corrected chi connectivity index (χ0v) is 17.5. The first-order valence-electron chi connectivity index (χ1n) is 10.3. The first-order valence-corrected chi connectivity index (χ1v) is 11.1. The van der Waals surface area contributed by atoms with Gasteiger partial charge < -0.3 is 10.2 Å². The Labute approximate surface area is 175 Å². The van der Waals surface area contributed by atoms with Gasteiger partial charge in [0, 0.05) is 36.2 Å². The maximum atomic E-state index is 12.7. The average Bonchev–Trinajstić information content (AvgIpc) is 3.20. The van der Waals surface area contributed by atoms with Gasteiger partial charge in [-0.15, -0.1) is 10.2 Å². The van der Waals surface area contributed by atoms with Gasteiger partial charge in [0.1, 0.15) is 10.0 Å². The lowest BCUT2D eigenvalue weighted by Gasteiger charge is -2.34. The molecule has 2 aromatic rings. The molecule has 0 radical (unpaired) electrons. The van der Waals surface area contributed by atoms with Crippen LogP contribution in [0, 0.1) is 18.8 Å². The number of carbonyl (C=O) groups excluding carboxylic acids is 2. The zero-order chi connectivity index (χ0) is 20.2. The number of nitrogens with one attached hydrogen (secondary N) is 1. The SMILES string of the molecule is Cc1nnc(-c2cccc(NC(=O)C3CCN(C(=O)C4CC=CCC4)CC3)c2)s1. The number of anilines is 1. The van der Waals surface area contributed by atoms with E-state index in [1.54, 1.807) is 0 Å². The second-order valence-corrected chi connectivity index (χ2v) is 8.96. The molecule has 2 amide bonds. The lowest BCUT2D eigenvalue weighted by molar-refractivity contribution is -0.138. The number of piperidine rings is 1. The molecule has 0 spiro atoms. The monoisotopic (exact) mass is 410 g/mol. The molecule has 2 heterocycles. The second kappa shape index (κ2) is 8.86. The molecule has 1 aliphatic carbocycles. The van der Waals surface area contributed by atoms with E-state index in [1.165, 1.54) is 11.3 Å². The van der Waals surface area contributed by atoms with Crippen molar-refractivity contribution in [1.29, 1.82) is 0 Å². The molecule has 0 bridgehead atoms. The molecule has 1 N–H and O–H groups in total. The summed E-state index contributed by atoms with van der Waals surface area (Å²) >= 11 is 1.53. The molecule has 6 nitrogen and oxygen atoms in total. The number of amides is 2. The van der Waals surface area contributed by atoms with Crippen LogP contribution in [0.2, 0.25) is 0 Å². The van der Waals surface area contributed by atoms with E-state index in [-0.39, 0.29) is 23.7 Å². The molecule has 2 aliphatic rings. The van der Waals surface area contributed by atoms with Crippen LogP contribution in [0.1, 0.15) is 37.1 Å². The topological polar surface area (TPSA) is 75.2 Å². The van der Waals surface area contributed by atoms with E-state index >= 15 is 0 Å². The Morgan fingerprint density at radius 1 is 1.10 bits per heavy atom. The number of nitrogens with zero attached hydrogens (tertiary/aromatic N) is 3. The largest absolute Gasteiger partial charge is 0.342 e. The fraction of sp³-hybridized carbons (Fsp3) is 0.455. The van der Waals surface area contributed by atoms with Gasteiger partial charge in [-0.2, -0.15) is 0 Å². The first kappa shape index (κ1) is 19.8. The molecule has 7 heteroatoms. The highest BCUT2D eigenvalue weighted by Crippen LogP contribution is 2.27. The summed E-state index contributed by atoms with van der Waals surface area (Å²) in [6.45, 7) is 3.26. The summed E-state index contributed by atoms with van der Waals surface area (Å²) in [7, 11) is 0. The van der Waals surface area contributed by atoms with Crippen LogP contribution >= 0.6 is 11.3 Å². The van der Waals surface area contributed by atoms with E-state index in [1.807, 2.05) is 36.1 Å². The molecular weight excluding hydrogens is 384 g/mol. The van der Waals surface area contributed by atoms with E-state index < -0.39 is 0 Å². The van der Waals surface area contributed by atoms with Gasteiger partial charge in [-0.1, -0.05) is 35.6 Å². The van der Waals surface area contributed by atoms with Crippen molar-refractivity contribution in [2.75, 3.05) is 18.4 Å². The van der Waals surface area contributed by atoms with E-state index in [4.69, 9.17) is 0 Å². The van der Waals surface area contributed by atoms with Gasteiger partial charge in [0.2, 0.25) is 11.8 Å². The molecule has 1 aliphatic heterocycles. The summed E-state index contributed by atoms with van der Waals surface area (Å²) in [5.41, 5.74) is 1.73. The number of rotatable bonds is 4. The molecule has 1 saturated heterocycles. The molecule has 29 heavy (non-hydrogen) atoms. The Kier molecular flexibility index (Phi) is 6.04. The first-order chi connectivity index (χ1) is 14.1. The standard InChI is InChI=1S/C22H26N4O2S/c1-15-24-25-21(29-15)18-8-5-9-19(14-18)23-20(27)16-10-12-26(13-11-16)22(28)17-6-3-2-4-7-17/h2-3,5,8-9,14,16-17H,4,6-7,10-13H2,1H3,(H,23,27). The smallest absolute Gasteiger partial charge is 0.227 e. The van der Waals surface area contributed by atoms with Gasteiger partial charge in [-0.25, -0.2) is 0 Å². The minimum Gasteiger partial charge on any atom is -0.342 e. The van der Waals surface area contributed by atoms with E-state index in [0.29, 0.717) is 13.1 Å². The minimum absolute atomic E-state index is 0.0308. The van der Waals surface area contributed by atoms with E-state index in [2.05, 4.69) is 27.7 Å². The van der Waals surface area contributed by atoms with Crippen LogP contribution in [0.3, 0.4) is 0 Å². The molecule has 152 valence electrons. The van der Waals surface area contributed by atoms with Crippen molar-refractivity contribution in [2.45, 2.75) is 39.0 Å². The number of aryl methyl sites for hydroxylation is 1. The second-order valence-electron chi connectivity index (χ2n) is 7.78. The number of hydrogen-bond donors (Lipinski definition) is 1. The average molecular weight is 411 g/mol. The lowest BCUT2D eigenvalue weighted by Crippen LogP contribution is -2.44. The predicted octanol–water partition coefficient (Wildman–Crippen LogP) is 4.05. The number of likely N-dealkylation sites (tertiary alicyclic amines) is 1. The summed E-state index contributed by atoms with van der Waals surface area (Å²) in [6.07, 6.45) is 8.49. The zero-order valence-electron chi connectivity index (χ0n) is 16.6. The maximum Gasteiger partial charge on any atom is 0.227 e. The number of hydrogen-bond acceptors (Lipinski definition) is 5. The molecule has 1 fully saturated rings. The van der Waals surface area contributed by atoms with Gasteiger partial charge in [-0.3, -0.25) is 9.59 Å². The fourth-order valence-corrected chi connectivity index (χ4v) is 4.71. The molecule has 0 saturated carbocycles. The normalized spacial score (nSPS) is 19.9. The number of aromatic nitrogens is 2. The van der Waals surface area contributed by atoms with E-state index in [0.717, 1.165) is 53.4 Å². The predicted molar refractivity (Wildman–Crippen MR) is 114 cm³/mol. The van der Waals surface area contributed by atoms with Crippen LogP contribution in [0.15, 0.2) is 36.4 Å². The van der Waals surface area contributed by atoms with Gasteiger partial charge in [0.15, 0.2) is 0 Å². The number of allylic oxidation sites excluding steroid dienone is 2. The third kappa shape index (κ3) is 4.72. The molecule has 1 atom stereocenters. The third-order valence-electron chi connectivity index (χ3n) is 5.70. The highest BCUT2D eigenvalue weighted by molar-refractivity contribution is 7.14. The molecular formula is C22H26N4O2S. The highest BCUT2D eigenvalue weighted by Gasteiger charge is 2.30. The molecule has 1 aromatic heterocycles. The summed E-state index contributed by atoms with van der Waals surface area (Å²) in [5.74, 6) is 0.353. The summed E-state index contributed by atoms with van der Waals surface area (Å²) in [6, 6.07) is 7.72. The van der Waals surface area contributed by atoms with Crippen LogP contribution in [-0.2, 0) is 9.59 Å². The Hall–Kier alpha value is -2.54. The lowest BCUT2D eigenvalue weighted by atomic mass is 9.90. The van der Waals surface area contributed by atoms with Crippen LogP contribution in [0.25, 0.3) is 10.6 Å². The van der Waals surface area contributed by atoms with Crippen molar-refractivity contribution in [3.05, 3.63) is 41.4 Å². The van der Waals surface area contributed by atoms with Gasteiger partial charge in [0.25, 0.3) is 0 Å². The van der Waals surface area contributed by atoms with Crippen LogP contribution in [0.4, 0.5) is 5.69 Å². The van der Waals surface area contributed by atoms with Crippen molar-refractivity contribution in [1.82, 2.24) is 15.1 Å². The Bertz CT molecular complexity index is 915.